The zero-order chi connectivity index (χ0) is 23.9. The Bertz CT molecular complexity index is 886. The monoisotopic (exact) mass is 572 g/mol. The number of nitriles is 1. The number of halogens is 2. The van der Waals surface area contributed by atoms with E-state index < -0.39 is 0 Å². The van der Waals surface area contributed by atoms with E-state index in [2.05, 4.69) is 99.1 Å². The SMILES string of the molecule is CC#N.CC(C)N(CCCc1c(C2(Br)CCC2)cccc1C1(Br)CCC1)Cc1ccccc1. The molecular weight excluding hydrogens is 536 g/mol. The summed E-state index contributed by atoms with van der Waals surface area (Å²) in [6.45, 7) is 8.26. The third kappa shape index (κ3) is 6.50. The third-order valence-corrected chi connectivity index (χ3v) is 9.70. The van der Waals surface area contributed by atoms with Crippen molar-refractivity contribution in [1.29, 1.82) is 5.26 Å². The maximum atomic E-state index is 7.32. The minimum absolute atomic E-state index is 0.216. The van der Waals surface area contributed by atoms with Gasteiger partial charge < -0.3 is 0 Å². The summed E-state index contributed by atoms with van der Waals surface area (Å²) in [4.78, 5) is 2.62. The summed E-state index contributed by atoms with van der Waals surface area (Å²) in [5, 5.41) is 7.32. The van der Waals surface area contributed by atoms with Gasteiger partial charge in [0.2, 0.25) is 0 Å². The molecule has 2 aliphatic carbocycles. The molecular formula is C29H38Br2N2. The molecule has 0 bridgehead atoms. The van der Waals surface area contributed by atoms with E-state index in [1.54, 1.807) is 22.8 Å². The van der Waals surface area contributed by atoms with E-state index in [0.717, 1.165) is 13.1 Å². The highest BCUT2D eigenvalue weighted by Crippen LogP contribution is 2.55. The minimum Gasteiger partial charge on any atom is -0.297 e. The Hall–Kier alpha value is -1.15. The first kappa shape index (κ1) is 26.5. The van der Waals surface area contributed by atoms with Crippen molar-refractivity contribution >= 4 is 31.9 Å². The van der Waals surface area contributed by atoms with Crippen molar-refractivity contribution in [2.45, 2.75) is 93.4 Å². The molecule has 2 fully saturated rings. The van der Waals surface area contributed by atoms with Crippen molar-refractivity contribution < 1.29 is 0 Å². The van der Waals surface area contributed by atoms with Gasteiger partial charge in [0.25, 0.3) is 0 Å². The van der Waals surface area contributed by atoms with Crippen LogP contribution >= 0.6 is 31.9 Å². The molecule has 33 heavy (non-hydrogen) atoms. The van der Waals surface area contributed by atoms with Crippen molar-refractivity contribution in [3.8, 4) is 6.07 Å². The van der Waals surface area contributed by atoms with Crippen molar-refractivity contribution in [2.75, 3.05) is 6.54 Å². The molecule has 2 aromatic rings. The molecule has 0 saturated heterocycles. The summed E-state index contributed by atoms with van der Waals surface area (Å²) in [6.07, 6.45) is 10.1. The van der Waals surface area contributed by atoms with Crippen LogP contribution in [0, 0.1) is 11.3 Å². The fourth-order valence-electron chi connectivity index (χ4n) is 5.01. The second kappa shape index (κ2) is 12.0. The largest absolute Gasteiger partial charge is 0.297 e. The first-order chi connectivity index (χ1) is 15.8. The predicted octanol–water partition coefficient (Wildman–Crippen LogP) is 8.61. The molecule has 0 aliphatic heterocycles. The van der Waals surface area contributed by atoms with Gasteiger partial charge in [-0.2, -0.15) is 5.26 Å². The van der Waals surface area contributed by atoms with Crippen LogP contribution in [-0.4, -0.2) is 17.5 Å². The normalized spacial score (nSPS) is 18.0. The van der Waals surface area contributed by atoms with Crippen molar-refractivity contribution in [2.24, 2.45) is 0 Å². The van der Waals surface area contributed by atoms with Crippen LogP contribution in [0.1, 0.15) is 88.0 Å². The molecule has 0 atom stereocenters. The van der Waals surface area contributed by atoms with Crippen LogP contribution in [0.5, 0.6) is 0 Å². The fraction of sp³-hybridized carbons (Fsp3) is 0.552. The molecule has 4 heteroatoms. The van der Waals surface area contributed by atoms with Crippen LogP contribution in [0.3, 0.4) is 0 Å². The zero-order valence-corrected chi connectivity index (χ0v) is 23.6. The fourth-order valence-corrected chi connectivity index (χ4v) is 6.87. The number of benzene rings is 2. The molecule has 0 heterocycles. The first-order valence-electron chi connectivity index (χ1n) is 12.4. The quantitative estimate of drug-likeness (QED) is 0.281. The molecule has 0 radical (unpaired) electrons. The standard InChI is InChI=1S/C27H35Br2N.C2H3N/c1-21(2)30(20-22-10-4-3-5-11-22)19-7-12-23-24(26(28)15-8-16-26)13-6-14-25(23)27(29)17-9-18-27;1-2-3/h3-6,10-11,13-14,21H,7-9,12,15-20H2,1-2H3;1H3. The van der Waals surface area contributed by atoms with E-state index in [4.69, 9.17) is 5.26 Å². The van der Waals surface area contributed by atoms with Gasteiger partial charge in [-0.15, -0.1) is 0 Å². The Balaban J connectivity index is 0.000000968. The molecule has 178 valence electrons. The van der Waals surface area contributed by atoms with E-state index >= 15 is 0 Å². The number of rotatable bonds is 9. The summed E-state index contributed by atoms with van der Waals surface area (Å²) in [7, 11) is 0. The maximum Gasteiger partial charge on any atom is 0.0587 e. The number of hydrogen-bond acceptors (Lipinski definition) is 2. The van der Waals surface area contributed by atoms with Crippen LogP contribution in [0.25, 0.3) is 0 Å². The lowest BCUT2D eigenvalue weighted by atomic mass is 9.72. The average molecular weight is 574 g/mol. The van der Waals surface area contributed by atoms with E-state index in [-0.39, 0.29) is 8.65 Å². The summed E-state index contributed by atoms with van der Waals surface area (Å²) >= 11 is 8.26. The molecule has 2 nitrogen and oxygen atoms in total. The Morgan fingerprint density at radius 2 is 1.42 bits per heavy atom. The van der Waals surface area contributed by atoms with Gasteiger partial charge in [0.1, 0.15) is 0 Å². The highest BCUT2D eigenvalue weighted by molar-refractivity contribution is 9.10. The van der Waals surface area contributed by atoms with E-state index in [9.17, 15) is 0 Å². The van der Waals surface area contributed by atoms with Crippen molar-refractivity contribution in [3.05, 3.63) is 70.8 Å². The highest BCUT2D eigenvalue weighted by atomic mass is 79.9. The van der Waals surface area contributed by atoms with Crippen molar-refractivity contribution in [1.82, 2.24) is 4.90 Å². The smallest absolute Gasteiger partial charge is 0.0587 e. The van der Waals surface area contributed by atoms with Gasteiger partial charge in [-0.3, -0.25) is 4.90 Å². The zero-order valence-electron chi connectivity index (χ0n) is 20.4. The summed E-state index contributed by atoms with van der Waals surface area (Å²) in [6, 6.07) is 20.3. The average Bonchev–Trinajstić information content (AvgIpc) is 2.76. The van der Waals surface area contributed by atoms with Crippen LogP contribution < -0.4 is 0 Å². The molecule has 0 N–H and O–H groups in total. The van der Waals surface area contributed by atoms with Crippen LogP contribution in [0.4, 0.5) is 0 Å². The van der Waals surface area contributed by atoms with Gasteiger partial charge in [0.15, 0.2) is 0 Å². The number of hydrogen-bond donors (Lipinski definition) is 0. The van der Waals surface area contributed by atoms with Gasteiger partial charge in [0, 0.05) is 19.5 Å². The lowest BCUT2D eigenvalue weighted by Gasteiger charge is -2.43. The minimum atomic E-state index is 0.216. The van der Waals surface area contributed by atoms with Gasteiger partial charge in [-0.1, -0.05) is 80.4 Å². The number of nitrogens with zero attached hydrogens (tertiary/aromatic N) is 2. The first-order valence-corrected chi connectivity index (χ1v) is 14.0. The molecule has 2 aliphatic rings. The molecule has 2 saturated carbocycles. The van der Waals surface area contributed by atoms with Crippen LogP contribution in [0.15, 0.2) is 48.5 Å². The van der Waals surface area contributed by atoms with E-state index in [0.29, 0.717) is 6.04 Å². The molecule has 0 spiro atoms. The number of alkyl halides is 2. The Labute approximate surface area is 218 Å². The lowest BCUT2D eigenvalue weighted by Crippen LogP contribution is -2.34. The molecule has 0 unspecified atom stereocenters. The summed E-state index contributed by atoms with van der Waals surface area (Å²) in [5.74, 6) is 0. The Morgan fingerprint density at radius 3 is 1.85 bits per heavy atom. The topological polar surface area (TPSA) is 27.0 Å². The Morgan fingerprint density at radius 1 is 0.909 bits per heavy atom. The van der Waals surface area contributed by atoms with E-state index in [1.165, 1.54) is 63.9 Å². The van der Waals surface area contributed by atoms with Gasteiger partial charge in [-0.25, -0.2) is 0 Å². The van der Waals surface area contributed by atoms with Gasteiger partial charge >= 0.3 is 0 Å². The van der Waals surface area contributed by atoms with Crippen LogP contribution in [-0.2, 0) is 21.6 Å². The summed E-state index contributed by atoms with van der Waals surface area (Å²) < 4.78 is 0.431. The Kier molecular flexibility index (Phi) is 9.62. The molecule has 0 aromatic heterocycles. The van der Waals surface area contributed by atoms with Crippen LogP contribution in [0.2, 0.25) is 0 Å². The maximum absolute atomic E-state index is 7.32. The molecule has 4 rings (SSSR count). The van der Waals surface area contributed by atoms with E-state index in [1.807, 2.05) is 0 Å². The van der Waals surface area contributed by atoms with Gasteiger partial charge in [0.05, 0.1) is 14.7 Å². The molecule has 0 amide bonds. The summed E-state index contributed by atoms with van der Waals surface area (Å²) in [5.41, 5.74) is 6.16. The second-order valence-electron chi connectivity index (χ2n) is 9.85. The second-order valence-corrected chi connectivity index (χ2v) is 12.9. The lowest BCUT2D eigenvalue weighted by molar-refractivity contribution is 0.210. The predicted molar refractivity (Wildman–Crippen MR) is 147 cm³/mol. The van der Waals surface area contributed by atoms with Crippen molar-refractivity contribution in [3.63, 3.8) is 0 Å². The highest BCUT2D eigenvalue weighted by Gasteiger charge is 2.42. The third-order valence-electron chi connectivity index (χ3n) is 7.26. The molecule has 2 aromatic carbocycles. The van der Waals surface area contributed by atoms with Gasteiger partial charge in [-0.05, 0) is 94.0 Å².